The number of hydrogen-bond acceptors (Lipinski definition) is 8. The van der Waals surface area contributed by atoms with E-state index < -0.39 is 41.6 Å². The zero-order valence-electron chi connectivity index (χ0n) is 19.8. The maximum atomic E-state index is 15.3. The molecular weight excluding hydrogens is 544 g/mol. The first-order valence-electron chi connectivity index (χ1n) is 11.6. The van der Waals surface area contributed by atoms with Crippen molar-refractivity contribution in [3.8, 4) is 5.75 Å². The van der Waals surface area contributed by atoms with E-state index in [1.54, 1.807) is 17.5 Å². The molecule has 3 heterocycles. The molecule has 198 valence electrons. The van der Waals surface area contributed by atoms with E-state index in [2.05, 4.69) is 14.6 Å². The molecule has 0 spiro atoms. The van der Waals surface area contributed by atoms with Crippen LogP contribution in [0, 0.1) is 11.6 Å². The second kappa shape index (κ2) is 9.93. The van der Waals surface area contributed by atoms with Crippen molar-refractivity contribution in [2.24, 2.45) is 0 Å². The van der Waals surface area contributed by atoms with E-state index in [0.29, 0.717) is 31.4 Å². The number of ether oxygens (including phenoxy) is 1. The minimum atomic E-state index is -4.24. The first-order chi connectivity index (χ1) is 17.5. The molecule has 13 heteroatoms. The lowest BCUT2D eigenvalue weighted by atomic mass is 9.89. The van der Waals surface area contributed by atoms with Gasteiger partial charge in [0.25, 0.3) is 10.0 Å². The summed E-state index contributed by atoms with van der Waals surface area (Å²) < 4.78 is 87.4. The van der Waals surface area contributed by atoms with E-state index >= 15 is 4.39 Å². The molecule has 2 aromatic carbocycles. The third kappa shape index (κ3) is 5.35. The number of sulfonamides is 1. The molecule has 0 bridgehead atoms. The van der Waals surface area contributed by atoms with E-state index in [4.69, 9.17) is 4.74 Å². The van der Waals surface area contributed by atoms with Gasteiger partial charge in [-0.25, -0.2) is 30.6 Å². The number of hydrogen-bond donors (Lipinski definition) is 1. The van der Waals surface area contributed by atoms with Gasteiger partial charge in [-0.2, -0.15) is 0 Å². The molecular formula is C24H25F2N3O5S3. The second-order valence-electron chi connectivity index (χ2n) is 9.20. The number of likely N-dealkylation sites (tertiary alicyclic amines) is 1. The minimum Gasteiger partial charge on any atom is -0.493 e. The van der Waals surface area contributed by atoms with Gasteiger partial charge in [0.05, 0.1) is 11.9 Å². The fourth-order valence-electron chi connectivity index (χ4n) is 5.09. The smallest absolute Gasteiger partial charge is 0.266 e. The fraction of sp³-hybridized carbons (Fsp3) is 0.375. The summed E-state index contributed by atoms with van der Waals surface area (Å²) in [6, 6.07) is 7.60. The number of nitrogens with zero attached hydrogens (tertiary/aromatic N) is 2. The van der Waals surface area contributed by atoms with E-state index in [0.717, 1.165) is 16.9 Å². The molecule has 8 nitrogen and oxygen atoms in total. The van der Waals surface area contributed by atoms with Gasteiger partial charge in [0.2, 0.25) is 0 Å². The van der Waals surface area contributed by atoms with Gasteiger partial charge in [0.1, 0.15) is 32.1 Å². The molecule has 2 aliphatic rings. The summed E-state index contributed by atoms with van der Waals surface area (Å²) >= 11 is 1.07. The summed E-state index contributed by atoms with van der Waals surface area (Å²) in [6.45, 7) is 0.683. The molecule has 0 radical (unpaired) electrons. The molecule has 0 amide bonds. The molecule has 5 rings (SSSR count). The monoisotopic (exact) mass is 569 g/mol. The predicted octanol–water partition coefficient (Wildman–Crippen LogP) is 4.30. The fourth-order valence-corrected chi connectivity index (χ4v) is 8.02. The number of thiazole rings is 1. The van der Waals surface area contributed by atoms with Gasteiger partial charge in [0, 0.05) is 54.5 Å². The normalized spacial score (nSPS) is 22.7. The highest BCUT2D eigenvalue weighted by Gasteiger charge is 2.40. The van der Waals surface area contributed by atoms with Crippen LogP contribution < -0.4 is 9.46 Å². The van der Waals surface area contributed by atoms with Crippen molar-refractivity contribution in [3.05, 3.63) is 70.7 Å². The Labute approximate surface area is 218 Å². The highest BCUT2D eigenvalue weighted by Crippen LogP contribution is 2.45. The largest absolute Gasteiger partial charge is 0.493 e. The molecule has 1 aromatic heterocycles. The van der Waals surface area contributed by atoms with Gasteiger partial charge < -0.3 is 4.74 Å². The summed E-state index contributed by atoms with van der Waals surface area (Å²) in [5, 5.41) is 1.16. The standard InChI is InChI=1S/C24H25F2N3O5S3/c1-36(30,31)17-6-9-29(21(12-17)15-2-4-16(25)5-3-15)20-7-10-34-22-14-23(19(26)13-18(20)22)37(32,33)28-24-27-8-11-35-24/h2-5,8,11,13-14,17,20-21H,6-7,9-10,12H2,1H3,(H,27,28)/t17-,20-,21+/m1/s1. The zero-order chi connectivity index (χ0) is 26.4. The van der Waals surface area contributed by atoms with Crippen molar-refractivity contribution in [1.82, 2.24) is 9.88 Å². The maximum absolute atomic E-state index is 15.3. The van der Waals surface area contributed by atoms with Crippen LogP contribution in [0.4, 0.5) is 13.9 Å². The number of anilines is 1. The number of nitrogens with one attached hydrogen (secondary N) is 1. The number of aromatic nitrogens is 1. The van der Waals surface area contributed by atoms with Crippen molar-refractivity contribution >= 4 is 36.3 Å². The number of sulfone groups is 1. The van der Waals surface area contributed by atoms with Gasteiger partial charge in [0.15, 0.2) is 5.13 Å². The van der Waals surface area contributed by atoms with Crippen LogP contribution in [0.1, 0.15) is 42.5 Å². The average molecular weight is 570 g/mol. The zero-order valence-corrected chi connectivity index (χ0v) is 22.3. The average Bonchev–Trinajstić information content (AvgIpc) is 3.35. The molecule has 3 aromatic rings. The summed E-state index contributed by atoms with van der Waals surface area (Å²) in [4.78, 5) is 5.43. The SMILES string of the molecule is CS(=O)(=O)[C@@H]1CCN([C@@H]2CCOc3cc(S(=O)(=O)Nc4nccs4)c(F)cc32)[C@H](c2ccc(F)cc2)C1. The van der Waals surface area contributed by atoms with Crippen LogP contribution in [0.2, 0.25) is 0 Å². The van der Waals surface area contributed by atoms with Gasteiger partial charge in [-0.15, -0.1) is 11.3 Å². The Balaban J connectivity index is 1.51. The Morgan fingerprint density at radius 2 is 1.84 bits per heavy atom. The van der Waals surface area contributed by atoms with E-state index in [9.17, 15) is 21.2 Å². The van der Waals surface area contributed by atoms with Crippen molar-refractivity contribution in [2.45, 2.75) is 41.5 Å². The van der Waals surface area contributed by atoms with Crippen molar-refractivity contribution < 1.29 is 30.4 Å². The van der Waals surface area contributed by atoms with Gasteiger partial charge >= 0.3 is 0 Å². The van der Waals surface area contributed by atoms with Crippen LogP contribution in [0.15, 0.2) is 52.9 Å². The highest BCUT2D eigenvalue weighted by atomic mass is 32.2. The minimum absolute atomic E-state index is 0.117. The number of benzene rings is 2. The van der Waals surface area contributed by atoms with Crippen molar-refractivity contribution in [3.63, 3.8) is 0 Å². The van der Waals surface area contributed by atoms with Crippen molar-refractivity contribution in [2.75, 3.05) is 24.1 Å². The predicted molar refractivity (Wildman–Crippen MR) is 136 cm³/mol. The lowest BCUT2D eigenvalue weighted by molar-refractivity contribution is 0.0677. The van der Waals surface area contributed by atoms with Gasteiger partial charge in [-0.3, -0.25) is 9.62 Å². The Morgan fingerprint density at radius 3 is 2.51 bits per heavy atom. The highest BCUT2D eigenvalue weighted by molar-refractivity contribution is 7.93. The molecule has 0 aliphatic carbocycles. The third-order valence-corrected chi connectivity index (χ3v) is 10.7. The summed E-state index contributed by atoms with van der Waals surface area (Å²) in [6.07, 6.45) is 3.86. The first-order valence-corrected chi connectivity index (χ1v) is 15.9. The summed E-state index contributed by atoms with van der Waals surface area (Å²) in [7, 11) is -7.55. The topological polar surface area (TPSA) is 106 Å². The maximum Gasteiger partial charge on any atom is 0.266 e. The number of halogens is 2. The van der Waals surface area contributed by atoms with E-state index in [1.165, 1.54) is 36.7 Å². The van der Waals surface area contributed by atoms with Crippen LogP contribution in [0.25, 0.3) is 0 Å². The number of rotatable bonds is 6. The van der Waals surface area contributed by atoms with E-state index in [1.807, 2.05) is 0 Å². The molecule has 37 heavy (non-hydrogen) atoms. The van der Waals surface area contributed by atoms with Crippen molar-refractivity contribution in [1.29, 1.82) is 0 Å². The molecule has 1 N–H and O–H groups in total. The molecule has 0 unspecified atom stereocenters. The van der Waals surface area contributed by atoms with Gasteiger partial charge in [-0.1, -0.05) is 12.1 Å². The Bertz CT molecular complexity index is 1500. The second-order valence-corrected chi connectivity index (χ2v) is 14.1. The molecule has 1 saturated heterocycles. The number of piperidine rings is 1. The molecule has 1 fully saturated rings. The quantitative estimate of drug-likeness (QED) is 0.472. The Hall–Kier alpha value is -2.61. The van der Waals surface area contributed by atoms with Crippen LogP contribution in [0.3, 0.4) is 0 Å². The first kappa shape index (κ1) is 26.0. The number of fused-ring (bicyclic) bond motifs is 1. The van der Waals surface area contributed by atoms with Crippen LogP contribution in [0.5, 0.6) is 5.75 Å². The van der Waals surface area contributed by atoms with Gasteiger partial charge in [-0.05, 0) is 36.6 Å². The van der Waals surface area contributed by atoms with E-state index in [-0.39, 0.29) is 29.6 Å². The third-order valence-electron chi connectivity index (χ3n) is 6.87. The lowest BCUT2D eigenvalue weighted by Gasteiger charge is -2.45. The lowest BCUT2D eigenvalue weighted by Crippen LogP contribution is -2.44. The molecule has 3 atom stereocenters. The van der Waals surface area contributed by atoms with Crippen LogP contribution in [-0.2, 0) is 19.9 Å². The summed E-state index contributed by atoms with van der Waals surface area (Å²) in [5.74, 6) is -1.08. The molecule has 2 aliphatic heterocycles. The van der Waals surface area contributed by atoms with Crippen LogP contribution in [-0.4, -0.2) is 51.4 Å². The Morgan fingerprint density at radius 1 is 1.08 bits per heavy atom. The van der Waals surface area contributed by atoms with Crippen LogP contribution >= 0.6 is 11.3 Å². The summed E-state index contributed by atoms with van der Waals surface area (Å²) in [5.41, 5.74) is 1.25. The molecule has 0 saturated carbocycles. The Kier molecular flexibility index (Phi) is 6.98.